The molecule has 0 saturated carbocycles. The van der Waals surface area contributed by atoms with Gasteiger partial charge >= 0.3 is 0 Å². The van der Waals surface area contributed by atoms with Gasteiger partial charge in [0, 0.05) is 19.8 Å². The fourth-order valence-corrected chi connectivity index (χ4v) is 1.50. The topological polar surface area (TPSA) is 3.24 Å². The van der Waals surface area contributed by atoms with Crippen LogP contribution in [0.25, 0.3) is 0 Å². The standard InChI is InChI=1S/C12H19N.ClH/c1-12(2,3)10-8-6-7-9-11(10)13(4)5;/h6-9H,1-5H3;1H. The van der Waals surface area contributed by atoms with E-state index in [1.165, 1.54) is 11.3 Å². The molecule has 0 heterocycles. The number of nitrogens with zero attached hydrogens (tertiary/aromatic N) is 1. The summed E-state index contributed by atoms with van der Waals surface area (Å²) in [6, 6.07) is 8.56. The van der Waals surface area contributed by atoms with Gasteiger partial charge in [-0.2, -0.15) is 0 Å². The van der Waals surface area contributed by atoms with E-state index in [-0.39, 0.29) is 17.8 Å². The number of halogens is 1. The molecule has 0 saturated heterocycles. The molecular weight excluding hydrogens is 194 g/mol. The molecule has 0 spiro atoms. The molecule has 14 heavy (non-hydrogen) atoms. The van der Waals surface area contributed by atoms with E-state index in [9.17, 15) is 0 Å². The molecule has 0 bridgehead atoms. The maximum Gasteiger partial charge on any atom is 0.0398 e. The van der Waals surface area contributed by atoms with Gasteiger partial charge in [-0.25, -0.2) is 0 Å². The molecule has 0 radical (unpaired) electrons. The predicted octanol–water partition coefficient (Wildman–Crippen LogP) is 3.47. The lowest BCUT2D eigenvalue weighted by atomic mass is 9.85. The first kappa shape index (κ1) is 13.3. The second kappa shape index (κ2) is 4.70. The van der Waals surface area contributed by atoms with Gasteiger partial charge in [0.2, 0.25) is 0 Å². The molecule has 0 aliphatic rings. The molecule has 1 nitrogen and oxygen atoms in total. The van der Waals surface area contributed by atoms with Crippen molar-refractivity contribution >= 4 is 18.1 Å². The van der Waals surface area contributed by atoms with E-state index in [0.29, 0.717) is 0 Å². The van der Waals surface area contributed by atoms with Gasteiger partial charge in [0.25, 0.3) is 0 Å². The van der Waals surface area contributed by atoms with Crippen molar-refractivity contribution in [3.8, 4) is 0 Å². The fraction of sp³-hybridized carbons (Fsp3) is 0.500. The molecule has 0 unspecified atom stereocenters. The molecule has 0 N–H and O–H groups in total. The first-order valence-corrected chi connectivity index (χ1v) is 4.70. The van der Waals surface area contributed by atoms with Crippen molar-refractivity contribution < 1.29 is 0 Å². The molecule has 0 fully saturated rings. The quantitative estimate of drug-likeness (QED) is 0.691. The summed E-state index contributed by atoms with van der Waals surface area (Å²) in [6.45, 7) is 6.74. The molecule has 1 aromatic rings. The van der Waals surface area contributed by atoms with Gasteiger partial charge < -0.3 is 4.90 Å². The van der Waals surface area contributed by atoms with Crippen molar-refractivity contribution in [2.45, 2.75) is 26.2 Å². The Labute approximate surface area is 93.5 Å². The Balaban J connectivity index is 0.00000169. The summed E-state index contributed by atoms with van der Waals surface area (Å²) in [4.78, 5) is 2.17. The van der Waals surface area contributed by atoms with Crippen molar-refractivity contribution in [1.29, 1.82) is 0 Å². The van der Waals surface area contributed by atoms with Crippen LogP contribution < -0.4 is 4.90 Å². The van der Waals surface area contributed by atoms with Crippen LogP contribution >= 0.6 is 12.4 Å². The van der Waals surface area contributed by atoms with Crippen molar-refractivity contribution in [3.05, 3.63) is 29.8 Å². The summed E-state index contributed by atoms with van der Waals surface area (Å²) < 4.78 is 0. The first-order valence-electron chi connectivity index (χ1n) is 4.70. The Bertz CT molecular complexity index is 287. The molecule has 80 valence electrons. The SMILES string of the molecule is CN(C)c1ccccc1C(C)(C)C.Cl. The zero-order chi connectivity index (χ0) is 10.1. The summed E-state index contributed by atoms with van der Waals surface area (Å²) >= 11 is 0. The van der Waals surface area contributed by atoms with Crippen LogP contribution in [-0.4, -0.2) is 14.1 Å². The van der Waals surface area contributed by atoms with Crippen LogP contribution in [0.3, 0.4) is 0 Å². The van der Waals surface area contributed by atoms with Gasteiger partial charge in [0.15, 0.2) is 0 Å². The number of para-hydroxylation sites is 1. The maximum atomic E-state index is 2.25. The van der Waals surface area contributed by atoms with Gasteiger partial charge in [-0.15, -0.1) is 12.4 Å². The monoisotopic (exact) mass is 213 g/mol. The highest BCUT2D eigenvalue weighted by molar-refractivity contribution is 5.85. The first-order chi connectivity index (χ1) is 5.93. The molecular formula is C12H20ClN. The highest BCUT2D eigenvalue weighted by Crippen LogP contribution is 2.30. The van der Waals surface area contributed by atoms with Crippen molar-refractivity contribution in [2.24, 2.45) is 0 Å². The zero-order valence-electron chi connectivity index (χ0n) is 9.66. The molecule has 0 atom stereocenters. The van der Waals surface area contributed by atoms with Crippen LogP contribution in [0.15, 0.2) is 24.3 Å². The minimum Gasteiger partial charge on any atom is -0.377 e. The summed E-state index contributed by atoms with van der Waals surface area (Å²) in [5.41, 5.74) is 2.94. The number of hydrogen-bond donors (Lipinski definition) is 0. The Morgan fingerprint density at radius 2 is 1.50 bits per heavy atom. The predicted molar refractivity (Wildman–Crippen MR) is 66.7 cm³/mol. The smallest absolute Gasteiger partial charge is 0.0398 e. The number of hydrogen-bond acceptors (Lipinski definition) is 1. The molecule has 1 rings (SSSR count). The molecule has 1 aromatic carbocycles. The van der Waals surface area contributed by atoms with E-state index in [0.717, 1.165) is 0 Å². The lowest BCUT2D eigenvalue weighted by molar-refractivity contribution is 0.590. The third-order valence-corrected chi connectivity index (χ3v) is 2.19. The zero-order valence-corrected chi connectivity index (χ0v) is 10.5. The lowest BCUT2D eigenvalue weighted by Gasteiger charge is -2.26. The molecule has 0 aliphatic heterocycles. The van der Waals surface area contributed by atoms with Gasteiger partial charge in [0.05, 0.1) is 0 Å². The number of rotatable bonds is 1. The maximum absolute atomic E-state index is 2.25. The van der Waals surface area contributed by atoms with Crippen LogP contribution in [0, 0.1) is 0 Å². The van der Waals surface area contributed by atoms with E-state index < -0.39 is 0 Å². The van der Waals surface area contributed by atoms with Crippen molar-refractivity contribution in [2.75, 3.05) is 19.0 Å². The van der Waals surface area contributed by atoms with Gasteiger partial charge in [0.1, 0.15) is 0 Å². The van der Waals surface area contributed by atoms with E-state index >= 15 is 0 Å². The summed E-state index contributed by atoms with van der Waals surface area (Å²) in [5.74, 6) is 0. The van der Waals surface area contributed by atoms with E-state index in [2.05, 4.69) is 64.0 Å². The summed E-state index contributed by atoms with van der Waals surface area (Å²) in [5, 5.41) is 0. The van der Waals surface area contributed by atoms with E-state index in [1.807, 2.05) is 0 Å². The van der Waals surface area contributed by atoms with Crippen LogP contribution in [-0.2, 0) is 5.41 Å². The number of anilines is 1. The second-order valence-electron chi connectivity index (χ2n) is 4.66. The number of benzene rings is 1. The average Bonchev–Trinajstić information content (AvgIpc) is 2.03. The van der Waals surface area contributed by atoms with Crippen molar-refractivity contribution in [1.82, 2.24) is 0 Å². The third-order valence-electron chi connectivity index (χ3n) is 2.19. The minimum absolute atomic E-state index is 0. The third kappa shape index (κ3) is 2.91. The van der Waals surface area contributed by atoms with Gasteiger partial charge in [-0.05, 0) is 17.0 Å². The second-order valence-corrected chi connectivity index (χ2v) is 4.66. The lowest BCUT2D eigenvalue weighted by Crippen LogP contribution is -2.18. The Hall–Kier alpha value is -0.690. The molecule has 2 heteroatoms. The Morgan fingerprint density at radius 1 is 1.00 bits per heavy atom. The van der Waals surface area contributed by atoms with Crippen molar-refractivity contribution in [3.63, 3.8) is 0 Å². The molecule has 0 aliphatic carbocycles. The average molecular weight is 214 g/mol. The Kier molecular flexibility index (Phi) is 4.47. The minimum atomic E-state index is 0. The largest absolute Gasteiger partial charge is 0.377 e. The Morgan fingerprint density at radius 3 is 1.86 bits per heavy atom. The van der Waals surface area contributed by atoms with Crippen LogP contribution in [0.4, 0.5) is 5.69 Å². The van der Waals surface area contributed by atoms with Gasteiger partial charge in [-0.3, -0.25) is 0 Å². The van der Waals surface area contributed by atoms with Gasteiger partial charge in [-0.1, -0.05) is 39.0 Å². The molecule has 0 aromatic heterocycles. The fourth-order valence-electron chi connectivity index (χ4n) is 1.50. The highest BCUT2D eigenvalue weighted by Gasteiger charge is 2.17. The molecule has 0 amide bonds. The van der Waals surface area contributed by atoms with Crippen LogP contribution in [0.1, 0.15) is 26.3 Å². The van der Waals surface area contributed by atoms with Crippen LogP contribution in [0.2, 0.25) is 0 Å². The van der Waals surface area contributed by atoms with E-state index in [1.54, 1.807) is 0 Å². The van der Waals surface area contributed by atoms with E-state index in [4.69, 9.17) is 0 Å². The normalized spacial score (nSPS) is 10.6. The van der Waals surface area contributed by atoms with Crippen LogP contribution in [0.5, 0.6) is 0 Å². The summed E-state index contributed by atoms with van der Waals surface area (Å²) in [6.07, 6.45) is 0. The summed E-state index contributed by atoms with van der Waals surface area (Å²) in [7, 11) is 4.18. The highest BCUT2D eigenvalue weighted by atomic mass is 35.5.